The molecular formula is C15H24N4OSi. The van der Waals surface area contributed by atoms with Crippen molar-refractivity contribution in [2.24, 2.45) is 0 Å². The van der Waals surface area contributed by atoms with Crippen LogP contribution in [0.2, 0.25) is 18.1 Å². The zero-order valence-electron chi connectivity index (χ0n) is 13.6. The van der Waals surface area contributed by atoms with Gasteiger partial charge in [-0.25, -0.2) is 9.50 Å². The maximum absolute atomic E-state index is 6.17. The summed E-state index contributed by atoms with van der Waals surface area (Å²) in [5.74, 6) is 2.06. The second-order valence-electron chi connectivity index (χ2n) is 7.48. The summed E-state index contributed by atoms with van der Waals surface area (Å²) in [6.07, 6.45) is 6.52. The lowest BCUT2D eigenvalue weighted by Gasteiger charge is -2.35. The molecular weight excluding hydrogens is 280 g/mol. The Morgan fingerprint density at radius 3 is 2.67 bits per heavy atom. The summed E-state index contributed by atoms with van der Waals surface area (Å²) in [5.41, 5.74) is 1.27. The van der Waals surface area contributed by atoms with Gasteiger partial charge in [-0.1, -0.05) is 20.8 Å². The van der Waals surface area contributed by atoms with Crippen molar-refractivity contribution in [3.05, 3.63) is 23.8 Å². The van der Waals surface area contributed by atoms with Gasteiger partial charge in [0.2, 0.25) is 0 Å². The van der Waals surface area contributed by atoms with E-state index in [-0.39, 0.29) is 5.04 Å². The highest BCUT2D eigenvalue weighted by molar-refractivity contribution is 6.74. The first kappa shape index (κ1) is 14.7. The maximum atomic E-state index is 6.17. The van der Waals surface area contributed by atoms with Crippen molar-refractivity contribution in [2.75, 3.05) is 0 Å². The van der Waals surface area contributed by atoms with Gasteiger partial charge >= 0.3 is 0 Å². The van der Waals surface area contributed by atoms with E-state index >= 15 is 0 Å². The topological polar surface area (TPSA) is 52.3 Å². The van der Waals surface area contributed by atoms with Gasteiger partial charge in [0.25, 0.3) is 5.78 Å². The second-order valence-corrected chi connectivity index (χ2v) is 12.3. The number of rotatable bonds is 4. The highest BCUT2D eigenvalue weighted by atomic mass is 28.4. The van der Waals surface area contributed by atoms with Crippen LogP contribution in [-0.4, -0.2) is 27.9 Å². The minimum absolute atomic E-state index is 0.198. The van der Waals surface area contributed by atoms with Crippen LogP contribution in [0.4, 0.5) is 0 Å². The highest BCUT2D eigenvalue weighted by Gasteiger charge is 2.37. The number of hydrogen-bond acceptors (Lipinski definition) is 4. The molecule has 6 heteroatoms. The number of aromatic nitrogens is 4. The fourth-order valence-corrected chi connectivity index (χ4v) is 2.91. The molecule has 0 aliphatic heterocycles. The molecule has 3 rings (SSSR count). The summed E-state index contributed by atoms with van der Waals surface area (Å²) < 4.78 is 7.96. The average molecular weight is 304 g/mol. The van der Waals surface area contributed by atoms with E-state index < -0.39 is 8.32 Å². The van der Waals surface area contributed by atoms with Crippen LogP contribution in [0.5, 0.6) is 0 Å². The molecule has 1 aliphatic rings. The maximum Gasteiger partial charge on any atom is 0.252 e. The fourth-order valence-electron chi connectivity index (χ4n) is 1.99. The summed E-state index contributed by atoms with van der Waals surface area (Å²) in [7, 11) is -1.77. The quantitative estimate of drug-likeness (QED) is 0.811. The van der Waals surface area contributed by atoms with E-state index in [0.29, 0.717) is 18.3 Å². The third kappa shape index (κ3) is 3.01. The van der Waals surface area contributed by atoms with E-state index in [1.54, 1.807) is 4.52 Å². The van der Waals surface area contributed by atoms with E-state index in [1.807, 2.05) is 6.20 Å². The van der Waals surface area contributed by atoms with E-state index in [0.717, 1.165) is 5.82 Å². The Balaban J connectivity index is 1.75. The predicted octanol–water partition coefficient (Wildman–Crippen LogP) is 3.52. The van der Waals surface area contributed by atoms with Crippen molar-refractivity contribution in [3.63, 3.8) is 0 Å². The first-order valence-corrected chi connectivity index (χ1v) is 10.5. The fraction of sp³-hybridized carbons (Fsp3) is 0.667. The van der Waals surface area contributed by atoms with E-state index in [1.165, 1.54) is 18.4 Å². The van der Waals surface area contributed by atoms with Gasteiger partial charge in [-0.15, -0.1) is 5.10 Å². The highest BCUT2D eigenvalue weighted by Crippen LogP contribution is 2.39. The first-order chi connectivity index (χ1) is 9.76. The molecule has 0 saturated heterocycles. The summed E-state index contributed by atoms with van der Waals surface area (Å²) >= 11 is 0. The third-order valence-electron chi connectivity index (χ3n) is 4.67. The normalized spacial score (nSPS) is 16.6. The van der Waals surface area contributed by atoms with E-state index in [4.69, 9.17) is 4.43 Å². The van der Waals surface area contributed by atoms with Gasteiger partial charge in [0.1, 0.15) is 0 Å². The Morgan fingerprint density at radius 1 is 1.33 bits per heavy atom. The van der Waals surface area contributed by atoms with Gasteiger partial charge in [0, 0.05) is 12.4 Å². The van der Waals surface area contributed by atoms with Gasteiger partial charge < -0.3 is 4.43 Å². The smallest absolute Gasteiger partial charge is 0.252 e. The van der Waals surface area contributed by atoms with Crippen molar-refractivity contribution < 1.29 is 4.43 Å². The van der Waals surface area contributed by atoms with Crippen molar-refractivity contribution in [3.8, 4) is 0 Å². The molecule has 21 heavy (non-hydrogen) atoms. The molecule has 0 radical (unpaired) electrons. The summed E-state index contributed by atoms with van der Waals surface area (Å²) in [5, 5.41) is 4.71. The molecule has 0 aromatic carbocycles. The van der Waals surface area contributed by atoms with Crippen LogP contribution in [0.1, 0.15) is 50.9 Å². The Bertz CT molecular complexity index is 655. The summed E-state index contributed by atoms with van der Waals surface area (Å²) in [6, 6.07) is 0. The standard InChI is InChI=1S/C15H24N4OSi/c1-15(2,3)21(4,5)20-10-13-17-14-16-8-12(11-6-7-11)9-19(14)18-13/h8-9,11H,6-7,10H2,1-5H3. The predicted molar refractivity (Wildman–Crippen MR) is 84.7 cm³/mol. The molecule has 5 nitrogen and oxygen atoms in total. The lowest BCUT2D eigenvalue weighted by atomic mass is 10.2. The Morgan fingerprint density at radius 2 is 2.05 bits per heavy atom. The molecule has 0 bridgehead atoms. The molecule has 0 spiro atoms. The first-order valence-electron chi connectivity index (χ1n) is 7.61. The van der Waals surface area contributed by atoms with Crippen molar-refractivity contribution in [2.45, 2.75) is 64.3 Å². The zero-order chi connectivity index (χ0) is 15.3. The van der Waals surface area contributed by atoms with Gasteiger partial charge in [0.05, 0.1) is 6.61 Å². The van der Waals surface area contributed by atoms with Crippen molar-refractivity contribution in [1.29, 1.82) is 0 Å². The van der Waals surface area contributed by atoms with Gasteiger partial charge in [-0.05, 0) is 42.5 Å². The average Bonchev–Trinajstić information content (AvgIpc) is 3.14. The van der Waals surface area contributed by atoms with Gasteiger partial charge in [0.15, 0.2) is 14.1 Å². The molecule has 1 fully saturated rings. The van der Waals surface area contributed by atoms with Crippen molar-refractivity contribution >= 4 is 14.1 Å². The third-order valence-corrected chi connectivity index (χ3v) is 9.15. The molecule has 2 aromatic heterocycles. The number of fused-ring (bicyclic) bond motifs is 1. The molecule has 0 atom stereocenters. The minimum atomic E-state index is -1.77. The molecule has 0 unspecified atom stereocenters. The summed E-state index contributed by atoms with van der Waals surface area (Å²) in [4.78, 5) is 8.86. The Hall–Kier alpha value is -1.27. The second kappa shape index (κ2) is 4.88. The number of nitrogens with zero attached hydrogens (tertiary/aromatic N) is 4. The van der Waals surface area contributed by atoms with Crippen LogP contribution in [-0.2, 0) is 11.0 Å². The van der Waals surface area contributed by atoms with E-state index in [2.05, 4.69) is 55.1 Å². The lowest BCUT2D eigenvalue weighted by molar-refractivity contribution is 0.267. The van der Waals surface area contributed by atoms with Crippen LogP contribution in [0.25, 0.3) is 5.78 Å². The lowest BCUT2D eigenvalue weighted by Crippen LogP contribution is -2.40. The SMILES string of the molecule is CC(C)(C)[Si](C)(C)OCc1nc2ncc(C3CC3)cn2n1. The van der Waals surface area contributed by atoms with E-state index in [9.17, 15) is 0 Å². The van der Waals surface area contributed by atoms with Gasteiger partial charge in [-0.2, -0.15) is 4.98 Å². The largest absolute Gasteiger partial charge is 0.409 e. The Labute approximate surface area is 126 Å². The zero-order valence-corrected chi connectivity index (χ0v) is 14.6. The van der Waals surface area contributed by atoms with Gasteiger partial charge in [-0.3, -0.25) is 0 Å². The molecule has 1 aliphatic carbocycles. The van der Waals surface area contributed by atoms with Crippen LogP contribution < -0.4 is 0 Å². The summed E-state index contributed by atoms with van der Waals surface area (Å²) in [6.45, 7) is 11.7. The van der Waals surface area contributed by atoms with Crippen LogP contribution in [0.3, 0.4) is 0 Å². The monoisotopic (exact) mass is 304 g/mol. The number of hydrogen-bond donors (Lipinski definition) is 0. The van der Waals surface area contributed by atoms with Crippen LogP contribution >= 0.6 is 0 Å². The van der Waals surface area contributed by atoms with Crippen LogP contribution in [0, 0.1) is 0 Å². The van der Waals surface area contributed by atoms with Crippen molar-refractivity contribution in [1.82, 2.24) is 19.6 Å². The molecule has 2 aromatic rings. The minimum Gasteiger partial charge on any atom is -0.409 e. The van der Waals surface area contributed by atoms with Crippen LogP contribution in [0.15, 0.2) is 12.4 Å². The molecule has 0 amide bonds. The molecule has 0 N–H and O–H groups in total. The molecule has 2 heterocycles. The molecule has 1 saturated carbocycles. The Kier molecular flexibility index (Phi) is 3.41. The molecule has 114 valence electrons.